The van der Waals surface area contributed by atoms with E-state index in [-0.39, 0.29) is 0 Å². The minimum absolute atomic E-state index is 0.624. The molecule has 0 aromatic heterocycles. The monoisotopic (exact) mass is 298 g/mol. The van der Waals surface area contributed by atoms with Gasteiger partial charge in [0, 0.05) is 5.92 Å². The summed E-state index contributed by atoms with van der Waals surface area (Å²) in [6.45, 7) is 11.7. The Bertz CT molecular complexity index is 484. The Balaban J connectivity index is 2.27. The third-order valence-electron chi connectivity index (χ3n) is 5.38. The zero-order valence-electron chi connectivity index (χ0n) is 15.3. The van der Waals surface area contributed by atoms with Gasteiger partial charge >= 0.3 is 0 Å². The van der Waals surface area contributed by atoms with Gasteiger partial charge in [-0.2, -0.15) is 0 Å². The quantitative estimate of drug-likeness (QED) is 0.403. The highest BCUT2D eigenvalue weighted by Gasteiger charge is 2.28. The number of hydrogen-bond donors (Lipinski definition) is 0. The standard InChI is InChI=1S/C22H34/c1-6-7-8-11-19-14-17(4)22(18(5)15-19)21-13-10-9-12-20(21)16(2)3/h10,13-16,20-21H,6-9,11-12H2,1-5H3. The van der Waals surface area contributed by atoms with Crippen LogP contribution in [-0.2, 0) is 6.42 Å². The Morgan fingerprint density at radius 3 is 2.36 bits per heavy atom. The second-order valence-electron chi connectivity index (χ2n) is 7.54. The first-order valence-electron chi connectivity index (χ1n) is 9.31. The fourth-order valence-corrected chi connectivity index (χ4v) is 4.23. The molecule has 0 nitrogen and oxygen atoms in total. The van der Waals surface area contributed by atoms with Gasteiger partial charge in [-0.15, -0.1) is 0 Å². The summed E-state index contributed by atoms with van der Waals surface area (Å²) in [5, 5.41) is 0. The molecule has 1 aliphatic rings. The molecule has 2 rings (SSSR count). The van der Waals surface area contributed by atoms with E-state index >= 15 is 0 Å². The van der Waals surface area contributed by atoms with Crippen LogP contribution in [-0.4, -0.2) is 0 Å². The van der Waals surface area contributed by atoms with Gasteiger partial charge in [-0.05, 0) is 73.6 Å². The molecule has 0 heteroatoms. The van der Waals surface area contributed by atoms with Crippen molar-refractivity contribution >= 4 is 0 Å². The van der Waals surface area contributed by atoms with Crippen molar-refractivity contribution in [2.45, 2.75) is 79.1 Å². The zero-order valence-corrected chi connectivity index (χ0v) is 15.3. The summed E-state index contributed by atoms with van der Waals surface area (Å²) >= 11 is 0. The van der Waals surface area contributed by atoms with Crippen molar-refractivity contribution in [3.63, 3.8) is 0 Å². The largest absolute Gasteiger partial charge is 0.0879 e. The Labute approximate surface area is 138 Å². The smallest absolute Gasteiger partial charge is 0.00540 e. The van der Waals surface area contributed by atoms with Crippen LogP contribution in [0, 0.1) is 25.7 Å². The molecule has 1 aromatic carbocycles. The number of allylic oxidation sites excluding steroid dienone is 2. The van der Waals surface area contributed by atoms with E-state index in [4.69, 9.17) is 0 Å². The molecule has 0 saturated heterocycles. The van der Waals surface area contributed by atoms with Crippen LogP contribution in [0.15, 0.2) is 24.3 Å². The van der Waals surface area contributed by atoms with Crippen molar-refractivity contribution in [2.24, 2.45) is 11.8 Å². The van der Waals surface area contributed by atoms with Crippen LogP contribution in [0.4, 0.5) is 0 Å². The molecule has 0 heterocycles. The summed E-state index contributed by atoms with van der Waals surface area (Å²) in [6.07, 6.45) is 12.7. The lowest BCUT2D eigenvalue weighted by Gasteiger charge is -2.33. The van der Waals surface area contributed by atoms with Crippen molar-refractivity contribution in [1.29, 1.82) is 0 Å². The number of unbranched alkanes of at least 4 members (excludes halogenated alkanes) is 2. The Hall–Kier alpha value is -1.04. The van der Waals surface area contributed by atoms with Crippen molar-refractivity contribution in [1.82, 2.24) is 0 Å². The summed E-state index contributed by atoms with van der Waals surface area (Å²) in [7, 11) is 0. The van der Waals surface area contributed by atoms with Gasteiger partial charge in [0.05, 0.1) is 0 Å². The molecule has 0 N–H and O–H groups in total. The summed E-state index contributed by atoms with van der Waals surface area (Å²) in [5.74, 6) is 2.18. The van der Waals surface area contributed by atoms with Gasteiger partial charge in [0.2, 0.25) is 0 Å². The van der Waals surface area contributed by atoms with Gasteiger partial charge in [0.15, 0.2) is 0 Å². The average Bonchev–Trinajstić information content (AvgIpc) is 2.47. The van der Waals surface area contributed by atoms with E-state index in [0.29, 0.717) is 5.92 Å². The molecule has 0 saturated carbocycles. The van der Waals surface area contributed by atoms with Crippen LogP contribution in [0.5, 0.6) is 0 Å². The minimum Gasteiger partial charge on any atom is -0.0879 e. The predicted octanol–water partition coefficient (Wildman–Crippen LogP) is 6.74. The number of benzene rings is 1. The maximum atomic E-state index is 2.49. The molecule has 2 unspecified atom stereocenters. The Morgan fingerprint density at radius 1 is 1.09 bits per heavy atom. The van der Waals surface area contributed by atoms with Crippen molar-refractivity contribution in [2.75, 3.05) is 0 Å². The number of aryl methyl sites for hydroxylation is 3. The van der Waals surface area contributed by atoms with E-state index in [0.717, 1.165) is 11.8 Å². The topological polar surface area (TPSA) is 0 Å². The van der Waals surface area contributed by atoms with Crippen LogP contribution in [0.2, 0.25) is 0 Å². The maximum absolute atomic E-state index is 2.49. The lowest BCUT2D eigenvalue weighted by Crippen LogP contribution is -2.21. The van der Waals surface area contributed by atoms with Crippen LogP contribution in [0.25, 0.3) is 0 Å². The molecule has 0 amide bonds. The molecule has 2 atom stereocenters. The highest BCUT2D eigenvalue weighted by atomic mass is 14.3. The van der Waals surface area contributed by atoms with Gasteiger partial charge in [0.1, 0.15) is 0 Å². The third-order valence-corrected chi connectivity index (χ3v) is 5.38. The Kier molecular flexibility index (Phi) is 6.29. The summed E-state index contributed by atoms with van der Waals surface area (Å²) in [6, 6.07) is 4.91. The van der Waals surface area contributed by atoms with E-state index in [1.807, 2.05) is 0 Å². The van der Waals surface area contributed by atoms with Gasteiger partial charge in [0.25, 0.3) is 0 Å². The van der Waals surface area contributed by atoms with Crippen LogP contribution in [0.3, 0.4) is 0 Å². The van der Waals surface area contributed by atoms with Crippen LogP contribution in [0.1, 0.15) is 81.0 Å². The van der Waals surface area contributed by atoms with E-state index in [2.05, 4.69) is 58.9 Å². The summed E-state index contributed by atoms with van der Waals surface area (Å²) in [5.41, 5.74) is 6.16. The first-order chi connectivity index (χ1) is 10.5. The second-order valence-corrected chi connectivity index (χ2v) is 7.54. The molecule has 0 radical (unpaired) electrons. The normalized spacial score (nSPS) is 21.5. The SMILES string of the molecule is CCCCCc1cc(C)c(C2C=CCCC2C(C)C)c(C)c1. The van der Waals surface area contributed by atoms with E-state index in [1.165, 1.54) is 55.2 Å². The molecule has 0 aliphatic heterocycles. The first kappa shape index (κ1) is 17.3. The molecule has 0 spiro atoms. The lowest BCUT2D eigenvalue weighted by molar-refractivity contribution is 0.319. The zero-order chi connectivity index (χ0) is 16.1. The lowest BCUT2D eigenvalue weighted by atomic mass is 9.71. The molecular formula is C22H34. The molecule has 1 aromatic rings. The fourth-order valence-electron chi connectivity index (χ4n) is 4.23. The molecule has 122 valence electrons. The Morgan fingerprint density at radius 2 is 1.77 bits per heavy atom. The third kappa shape index (κ3) is 4.03. The minimum atomic E-state index is 0.624. The van der Waals surface area contributed by atoms with Crippen LogP contribution < -0.4 is 0 Å². The van der Waals surface area contributed by atoms with Gasteiger partial charge in [-0.1, -0.05) is 57.9 Å². The second kappa shape index (κ2) is 7.99. The van der Waals surface area contributed by atoms with Gasteiger partial charge < -0.3 is 0 Å². The molecule has 1 aliphatic carbocycles. The number of rotatable bonds is 6. The van der Waals surface area contributed by atoms with Crippen molar-refractivity contribution < 1.29 is 0 Å². The van der Waals surface area contributed by atoms with Crippen molar-refractivity contribution in [3.8, 4) is 0 Å². The average molecular weight is 299 g/mol. The highest BCUT2D eigenvalue weighted by Crippen LogP contribution is 2.40. The fraction of sp³-hybridized carbons (Fsp3) is 0.636. The highest BCUT2D eigenvalue weighted by molar-refractivity contribution is 5.43. The number of hydrogen-bond acceptors (Lipinski definition) is 0. The van der Waals surface area contributed by atoms with Gasteiger partial charge in [-0.3, -0.25) is 0 Å². The van der Waals surface area contributed by atoms with Gasteiger partial charge in [-0.25, -0.2) is 0 Å². The van der Waals surface area contributed by atoms with E-state index < -0.39 is 0 Å². The van der Waals surface area contributed by atoms with Crippen molar-refractivity contribution in [3.05, 3.63) is 46.5 Å². The van der Waals surface area contributed by atoms with E-state index in [9.17, 15) is 0 Å². The maximum Gasteiger partial charge on any atom is 0.00540 e. The molecule has 22 heavy (non-hydrogen) atoms. The van der Waals surface area contributed by atoms with E-state index in [1.54, 1.807) is 5.56 Å². The summed E-state index contributed by atoms with van der Waals surface area (Å²) < 4.78 is 0. The first-order valence-corrected chi connectivity index (χ1v) is 9.31. The summed E-state index contributed by atoms with van der Waals surface area (Å²) in [4.78, 5) is 0. The molecular weight excluding hydrogens is 264 g/mol. The predicted molar refractivity (Wildman–Crippen MR) is 98.6 cm³/mol. The molecule has 0 fully saturated rings. The molecule has 0 bridgehead atoms. The van der Waals surface area contributed by atoms with Crippen LogP contribution >= 0.6 is 0 Å².